The van der Waals surface area contributed by atoms with E-state index in [1.54, 1.807) is 34.8 Å². The number of carbonyl (C=O) groups is 4. The van der Waals surface area contributed by atoms with Crippen molar-refractivity contribution in [2.24, 2.45) is 0 Å². The lowest BCUT2D eigenvalue weighted by Crippen LogP contribution is -2.40. The molecule has 0 radical (unpaired) electrons. The fourth-order valence-electron chi connectivity index (χ4n) is 11.3. The molecule has 2 aromatic heterocycles. The first-order valence-electron chi connectivity index (χ1n) is 21.8. The Hall–Kier alpha value is -6.22. The van der Waals surface area contributed by atoms with Crippen LogP contribution < -0.4 is 9.47 Å². The molecular weight excluding hydrogens is 809 g/mol. The first-order valence-corrected chi connectivity index (χ1v) is 23.4. The fourth-order valence-corrected chi connectivity index (χ4v) is 13.4. The van der Waals surface area contributed by atoms with Crippen molar-refractivity contribution in [3.05, 3.63) is 151 Å². The number of rotatable bonds is 2. The van der Waals surface area contributed by atoms with Gasteiger partial charge in [-0.15, -0.1) is 22.7 Å². The highest BCUT2D eigenvalue weighted by Crippen LogP contribution is 2.60. The lowest BCUT2D eigenvalue weighted by molar-refractivity contribution is 0.0205. The predicted octanol–water partition coefficient (Wildman–Crippen LogP) is 13.5. The summed E-state index contributed by atoms with van der Waals surface area (Å²) in [4.78, 5) is 59.0. The summed E-state index contributed by atoms with van der Waals surface area (Å²) in [5, 5.41) is 3.75. The zero-order valence-electron chi connectivity index (χ0n) is 33.7. The number of allylic oxidation sites excluding steroid dienone is 2. The third-order valence-electron chi connectivity index (χ3n) is 14.3. The molecule has 2 spiro atoms. The Kier molecular flexibility index (Phi) is 7.73. The maximum Gasteiger partial charge on any atom is 0.197 e. The van der Waals surface area contributed by atoms with Crippen LogP contribution in [-0.4, -0.2) is 23.1 Å². The second-order valence-corrected chi connectivity index (χ2v) is 20.0. The molecule has 2 fully saturated rings. The minimum atomic E-state index is -0.519. The van der Waals surface area contributed by atoms with Crippen LogP contribution in [0.3, 0.4) is 0 Å². The van der Waals surface area contributed by atoms with Gasteiger partial charge in [0.25, 0.3) is 0 Å². The van der Waals surface area contributed by atoms with Crippen molar-refractivity contribution < 1.29 is 28.7 Å². The molecule has 2 aliphatic heterocycles. The van der Waals surface area contributed by atoms with Gasteiger partial charge in [0.05, 0.1) is 20.9 Å². The van der Waals surface area contributed by atoms with Crippen molar-refractivity contribution in [3.8, 4) is 32.4 Å². The van der Waals surface area contributed by atoms with Crippen LogP contribution in [0.25, 0.3) is 54.6 Å². The van der Waals surface area contributed by atoms with Gasteiger partial charge in [0.2, 0.25) is 0 Å². The van der Waals surface area contributed by atoms with E-state index in [0.29, 0.717) is 22.3 Å². The van der Waals surface area contributed by atoms with Crippen LogP contribution in [0.1, 0.15) is 127 Å². The van der Waals surface area contributed by atoms with E-state index in [9.17, 15) is 19.2 Å². The van der Waals surface area contributed by atoms with Crippen LogP contribution in [0.15, 0.2) is 108 Å². The van der Waals surface area contributed by atoms with E-state index in [-0.39, 0.29) is 34.3 Å². The number of hydrogen-bond acceptors (Lipinski definition) is 8. The van der Waals surface area contributed by atoms with Crippen LogP contribution in [0.4, 0.5) is 0 Å². The average molecular weight is 847 g/mol. The average Bonchev–Trinajstić information content (AvgIpc) is 4.02. The number of fused-ring (bicyclic) bond motifs is 12. The number of ketones is 4. The highest BCUT2D eigenvalue weighted by molar-refractivity contribution is 7.17. The summed E-state index contributed by atoms with van der Waals surface area (Å²) < 4.78 is 14.4. The van der Waals surface area contributed by atoms with Crippen LogP contribution >= 0.6 is 22.7 Å². The molecule has 13 rings (SSSR count). The number of benzene rings is 5. The number of thiophene rings is 2. The summed E-state index contributed by atoms with van der Waals surface area (Å²) in [6, 6.07) is 31.8. The molecule has 8 heteroatoms. The summed E-state index contributed by atoms with van der Waals surface area (Å²) in [7, 11) is 0. The lowest BCUT2D eigenvalue weighted by Gasteiger charge is -2.45. The van der Waals surface area contributed by atoms with Gasteiger partial charge in [-0.05, 0) is 134 Å². The van der Waals surface area contributed by atoms with E-state index in [2.05, 4.69) is 12.1 Å². The second kappa shape index (κ2) is 13.1. The van der Waals surface area contributed by atoms with Gasteiger partial charge in [-0.25, -0.2) is 0 Å². The van der Waals surface area contributed by atoms with Crippen LogP contribution in [0.5, 0.6) is 11.5 Å². The van der Waals surface area contributed by atoms with Gasteiger partial charge in [0.1, 0.15) is 22.7 Å². The van der Waals surface area contributed by atoms with Crippen LogP contribution in [-0.2, 0) is 11.2 Å². The maximum atomic E-state index is 13.8. The molecule has 6 aliphatic rings. The smallest absolute Gasteiger partial charge is 0.197 e. The molecule has 4 aliphatic carbocycles. The van der Waals surface area contributed by atoms with Gasteiger partial charge in [0.15, 0.2) is 23.1 Å². The normalized spacial score (nSPS) is 18.9. The second-order valence-electron chi connectivity index (χ2n) is 17.9. The van der Waals surface area contributed by atoms with Crippen molar-refractivity contribution in [3.63, 3.8) is 0 Å². The van der Waals surface area contributed by atoms with Gasteiger partial charge < -0.3 is 9.47 Å². The van der Waals surface area contributed by atoms with Crippen molar-refractivity contribution in [2.45, 2.75) is 75.4 Å². The Morgan fingerprint density at radius 1 is 0.419 bits per heavy atom. The predicted molar refractivity (Wildman–Crippen MR) is 245 cm³/mol. The standard InChI is InChI=1S/C54H38O6S2/c55-47-35-19-29-11-3-4-12-30(29)20-36(35)48(56)41(47)23-33-25-45-51(61-33)39-28-44-40(27-43(39)53(59-45)15-7-1-8-16-53)52-46(60-54(44)17-9-2-10-18-54)26-34(62-52)24-42-49(57)37-21-31-13-5-6-14-32(31)22-38(37)50(42)58/h3-6,11-14,19-28H,1-2,7-10,15-18H2. The summed E-state index contributed by atoms with van der Waals surface area (Å²) in [5.41, 5.74) is 5.81. The lowest BCUT2D eigenvalue weighted by atomic mass is 9.71. The van der Waals surface area contributed by atoms with Gasteiger partial charge >= 0.3 is 0 Å². The van der Waals surface area contributed by atoms with Gasteiger partial charge in [-0.3, -0.25) is 19.2 Å². The zero-order valence-corrected chi connectivity index (χ0v) is 35.4. The van der Waals surface area contributed by atoms with Crippen LogP contribution in [0, 0.1) is 0 Å². The largest absolute Gasteiger partial charge is 0.481 e. The topological polar surface area (TPSA) is 86.7 Å². The highest BCUT2D eigenvalue weighted by atomic mass is 32.1. The van der Waals surface area contributed by atoms with Crippen molar-refractivity contribution in [2.75, 3.05) is 0 Å². The summed E-state index contributed by atoms with van der Waals surface area (Å²) in [6.45, 7) is 0. The monoisotopic (exact) mass is 846 g/mol. The maximum absolute atomic E-state index is 13.8. The molecule has 6 nitrogen and oxygen atoms in total. The first-order chi connectivity index (χ1) is 30.3. The third-order valence-corrected chi connectivity index (χ3v) is 16.5. The Morgan fingerprint density at radius 2 is 0.758 bits per heavy atom. The molecule has 0 saturated heterocycles. The van der Waals surface area contributed by atoms with E-state index < -0.39 is 11.2 Å². The van der Waals surface area contributed by atoms with E-state index in [0.717, 1.165) is 128 Å². The van der Waals surface area contributed by atoms with Crippen molar-refractivity contribution >= 4 is 79.5 Å². The molecule has 2 saturated carbocycles. The van der Waals surface area contributed by atoms with E-state index in [1.165, 1.54) is 11.1 Å². The quantitative estimate of drug-likeness (QED) is 0.127. The Bertz CT molecular complexity index is 2950. The Labute approximate surface area is 365 Å². The summed E-state index contributed by atoms with van der Waals surface area (Å²) in [6.07, 6.45) is 13.6. The van der Waals surface area contributed by atoms with Gasteiger partial charge in [-0.1, -0.05) is 61.4 Å². The molecule has 62 heavy (non-hydrogen) atoms. The molecule has 0 bridgehead atoms. The van der Waals surface area contributed by atoms with Gasteiger partial charge in [0, 0.05) is 54.3 Å². The molecular formula is C54H38O6S2. The number of Topliss-reactive ketones (excluding diaryl/α,β-unsaturated/α-hetero) is 4. The number of ether oxygens (including phenoxy) is 2. The Morgan fingerprint density at radius 3 is 1.10 bits per heavy atom. The van der Waals surface area contributed by atoms with Gasteiger partial charge in [-0.2, -0.15) is 0 Å². The first kappa shape index (κ1) is 36.4. The minimum absolute atomic E-state index is 0.191. The zero-order chi connectivity index (χ0) is 41.5. The fraction of sp³-hybridized carbons (Fsp3) is 0.222. The summed E-state index contributed by atoms with van der Waals surface area (Å²) >= 11 is 3.14. The third kappa shape index (κ3) is 5.20. The van der Waals surface area contributed by atoms with Crippen LogP contribution in [0.2, 0.25) is 0 Å². The molecule has 4 heterocycles. The van der Waals surface area contributed by atoms with E-state index in [1.807, 2.05) is 84.9 Å². The summed E-state index contributed by atoms with van der Waals surface area (Å²) in [5.74, 6) is 0.659. The molecule has 0 unspecified atom stereocenters. The molecule has 7 aromatic rings. The van der Waals surface area contributed by atoms with E-state index in [4.69, 9.17) is 9.47 Å². The molecule has 0 amide bonds. The molecule has 0 atom stereocenters. The molecule has 302 valence electrons. The molecule has 0 N–H and O–H groups in total. The SMILES string of the molecule is O=C1C(=Cc2cc3c(s2)-c2cc4c(cc2C2(CCCCC2)O3)-c2sc(C=C3C(=O)c5cc6ccccc6cc5C3=O)cc2OC42CCCCC2)C(=O)c2cc3ccccc3cc21. The number of carbonyl (C=O) groups excluding carboxylic acids is 4. The van der Waals surface area contributed by atoms with Crippen molar-refractivity contribution in [1.29, 1.82) is 0 Å². The molecule has 5 aromatic carbocycles. The van der Waals surface area contributed by atoms with E-state index >= 15 is 0 Å². The Balaban J connectivity index is 0.934. The van der Waals surface area contributed by atoms with Crippen molar-refractivity contribution in [1.82, 2.24) is 0 Å². The number of hydrogen-bond donors (Lipinski definition) is 0. The minimum Gasteiger partial charge on any atom is -0.481 e. The highest BCUT2D eigenvalue weighted by Gasteiger charge is 2.48.